The zero-order valence-electron chi connectivity index (χ0n) is 18.0. The van der Waals surface area contributed by atoms with Gasteiger partial charge >= 0.3 is 0 Å². The molecule has 2 aliphatic carbocycles. The minimum Gasteiger partial charge on any atom is -0.486 e. The van der Waals surface area contributed by atoms with E-state index in [4.69, 9.17) is 4.74 Å². The number of carbonyl (C=O) groups is 2. The van der Waals surface area contributed by atoms with E-state index in [9.17, 15) is 20.0 Å². The molecule has 30 heavy (non-hydrogen) atoms. The van der Waals surface area contributed by atoms with Crippen LogP contribution in [0.4, 0.5) is 0 Å². The smallest absolute Gasteiger partial charge is 0.252 e. The number of amides is 1. The van der Waals surface area contributed by atoms with Crippen molar-refractivity contribution in [2.45, 2.75) is 71.6 Å². The maximum absolute atomic E-state index is 12.9. The molecule has 2 aliphatic heterocycles. The van der Waals surface area contributed by atoms with E-state index in [1.807, 2.05) is 13.8 Å². The standard InChI is InChI=1S/C24H28N2O4/c1-12-5-6-18-22(2,3)20(28)17(27)9-24(18)23(12,4)8-15-13(10-25)7-14-16(19(15)30-24)11-26-21(14)29/h7,12,17-18,27H,5-6,8-9,11H2,1-4H3,(H,26,29)/t12-,17?,18-,23+,24-/m0/s1. The fourth-order valence-electron chi connectivity index (χ4n) is 6.97. The molecule has 5 atom stereocenters. The SMILES string of the molecule is C[C@H]1CC[C@H]2C(C)(C)C(=O)C(O)C[C@]23Oc2c(c(C#N)cc4c2CNC4=O)C[C@]13C. The lowest BCUT2D eigenvalue weighted by Crippen LogP contribution is -2.72. The van der Waals surface area contributed by atoms with Gasteiger partial charge in [-0.1, -0.05) is 27.7 Å². The van der Waals surface area contributed by atoms with Gasteiger partial charge in [-0.2, -0.15) is 5.26 Å². The molecule has 2 fully saturated rings. The van der Waals surface area contributed by atoms with Gasteiger partial charge in [0.2, 0.25) is 0 Å². The minimum atomic E-state index is -1.07. The molecule has 158 valence electrons. The summed E-state index contributed by atoms with van der Waals surface area (Å²) in [5.74, 6) is 0.583. The number of fused-ring (bicyclic) bond motifs is 3. The lowest BCUT2D eigenvalue weighted by atomic mass is 9.43. The molecule has 2 heterocycles. The van der Waals surface area contributed by atoms with Gasteiger partial charge in [0, 0.05) is 46.4 Å². The first-order valence-corrected chi connectivity index (χ1v) is 10.9. The van der Waals surface area contributed by atoms with Crippen molar-refractivity contribution in [2.24, 2.45) is 22.7 Å². The van der Waals surface area contributed by atoms with E-state index in [0.717, 1.165) is 24.0 Å². The lowest BCUT2D eigenvalue weighted by molar-refractivity contribution is -0.223. The number of hydrogen-bond donors (Lipinski definition) is 2. The Balaban J connectivity index is 1.78. The number of nitrogens with one attached hydrogen (secondary N) is 1. The molecule has 4 aliphatic rings. The van der Waals surface area contributed by atoms with E-state index >= 15 is 0 Å². The van der Waals surface area contributed by atoms with Crippen molar-refractivity contribution in [3.8, 4) is 11.8 Å². The fraction of sp³-hybridized carbons (Fsp3) is 0.625. The van der Waals surface area contributed by atoms with Crippen molar-refractivity contribution in [1.29, 1.82) is 5.26 Å². The highest BCUT2D eigenvalue weighted by Crippen LogP contribution is 2.65. The number of nitrogens with zero attached hydrogens (tertiary/aromatic N) is 1. The number of nitriles is 1. The van der Waals surface area contributed by atoms with Crippen LogP contribution in [0, 0.1) is 34.0 Å². The molecule has 0 bridgehead atoms. The molecule has 0 radical (unpaired) electrons. The first kappa shape index (κ1) is 19.6. The predicted octanol–water partition coefficient (Wildman–Crippen LogP) is 2.89. The molecule has 1 spiro atoms. The summed E-state index contributed by atoms with van der Waals surface area (Å²) in [6.45, 7) is 8.65. The number of aliphatic hydroxyl groups is 1. The van der Waals surface area contributed by atoms with Crippen LogP contribution in [0.2, 0.25) is 0 Å². The first-order chi connectivity index (χ1) is 14.1. The molecule has 0 saturated heterocycles. The van der Waals surface area contributed by atoms with E-state index < -0.39 is 17.1 Å². The van der Waals surface area contributed by atoms with E-state index in [1.54, 1.807) is 6.07 Å². The average molecular weight is 408 g/mol. The maximum Gasteiger partial charge on any atom is 0.252 e. The second-order valence-corrected chi connectivity index (χ2v) is 10.5. The summed E-state index contributed by atoms with van der Waals surface area (Å²) in [5.41, 5.74) is 0.875. The van der Waals surface area contributed by atoms with Gasteiger partial charge in [0.05, 0.1) is 11.6 Å². The van der Waals surface area contributed by atoms with Crippen LogP contribution in [0.15, 0.2) is 6.07 Å². The van der Waals surface area contributed by atoms with Crippen LogP contribution >= 0.6 is 0 Å². The molecule has 1 aromatic carbocycles. The Morgan fingerprint density at radius 3 is 2.67 bits per heavy atom. The van der Waals surface area contributed by atoms with Gasteiger partial charge in [0.15, 0.2) is 5.78 Å². The van der Waals surface area contributed by atoms with Crippen LogP contribution in [0.25, 0.3) is 0 Å². The second-order valence-electron chi connectivity index (χ2n) is 10.5. The summed E-state index contributed by atoms with van der Waals surface area (Å²) in [7, 11) is 0. The topological polar surface area (TPSA) is 99.4 Å². The van der Waals surface area contributed by atoms with Crippen molar-refractivity contribution < 1.29 is 19.4 Å². The highest BCUT2D eigenvalue weighted by atomic mass is 16.5. The van der Waals surface area contributed by atoms with Crippen LogP contribution in [0.1, 0.15) is 74.0 Å². The van der Waals surface area contributed by atoms with E-state index in [1.165, 1.54) is 0 Å². The van der Waals surface area contributed by atoms with E-state index in [2.05, 4.69) is 25.2 Å². The van der Waals surface area contributed by atoms with Crippen LogP contribution in [0.3, 0.4) is 0 Å². The largest absolute Gasteiger partial charge is 0.486 e. The lowest BCUT2D eigenvalue weighted by Gasteiger charge is -2.66. The molecule has 2 saturated carbocycles. The number of hydrogen-bond acceptors (Lipinski definition) is 5. The second kappa shape index (κ2) is 5.85. The number of rotatable bonds is 0. The summed E-state index contributed by atoms with van der Waals surface area (Å²) in [6.07, 6.45) is 1.65. The Labute approximate surface area is 176 Å². The third-order valence-corrected chi connectivity index (χ3v) is 8.92. The van der Waals surface area contributed by atoms with Gasteiger partial charge in [-0.15, -0.1) is 0 Å². The van der Waals surface area contributed by atoms with Crippen molar-refractivity contribution in [1.82, 2.24) is 5.32 Å². The summed E-state index contributed by atoms with van der Waals surface area (Å²) in [4.78, 5) is 25.3. The van der Waals surface area contributed by atoms with Gasteiger partial charge in [-0.25, -0.2) is 0 Å². The van der Waals surface area contributed by atoms with Crippen molar-refractivity contribution in [3.63, 3.8) is 0 Å². The number of ketones is 1. The Morgan fingerprint density at radius 2 is 1.97 bits per heavy atom. The van der Waals surface area contributed by atoms with E-state index in [-0.39, 0.29) is 29.4 Å². The summed E-state index contributed by atoms with van der Waals surface area (Å²) in [6, 6.07) is 3.96. The Morgan fingerprint density at radius 1 is 1.23 bits per heavy atom. The molecule has 2 N–H and O–H groups in total. The molecule has 5 rings (SSSR count). The van der Waals surface area contributed by atoms with Gasteiger partial charge in [-0.3, -0.25) is 9.59 Å². The van der Waals surface area contributed by atoms with Crippen LogP contribution in [-0.4, -0.2) is 28.5 Å². The molecule has 6 heteroatoms. The van der Waals surface area contributed by atoms with Gasteiger partial charge in [0.1, 0.15) is 17.5 Å². The van der Waals surface area contributed by atoms with Gasteiger partial charge < -0.3 is 15.2 Å². The summed E-state index contributed by atoms with van der Waals surface area (Å²) in [5, 5.41) is 23.5. The monoisotopic (exact) mass is 408 g/mol. The van der Waals surface area contributed by atoms with Crippen molar-refractivity contribution in [2.75, 3.05) is 0 Å². The van der Waals surface area contributed by atoms with Crippen molar-refractivity contribution >= 4 is 11.7 Å². The predicted molar refractivity (Wildman–Crippen MR) is 109 cm³/mol. The quantitative estimate of drug-likeness (QED) is 0.688. The third-order valence-electron chi connectivity index (χ3n) is 8.92. The zero-order chi connectivity index (χ0) is 21.6. The van der Waals surface area contributed by atoms with E-state index in [0.29, 0.717) is 35.8 Å². The summed E-state index contributed by atoms with van der Waals surface area (Å²) < 4.78 is 6.93. The number of ether oxygens (including phenoxy) is 1. The van der Waals surface area contributed by atoms with Crippen LogP contribution < -0.4 is 10.1 Å². The highest BCUT2D eigenvalue weighted by Gasteiger charge is 2.69. The Bertz CT molecular complexity index is 1040. The fourth-order valence-corrected chi connectivity index (χ4v) is 6.97. The zero-order valence-corrected chi connectivity index (χ0v) is 18.0. The normalized spacial score (nSPS) is 38.3. The molecule has 1 amide bonds. The van der Waals surface area contributed by atoms with Crippen molar-refractivity contribution in [3.05, 3.63) is 28.3 Å². The number of aliphatic hydroxyl groups excluding tert-OH is 1. The van der Waals surface area contributed by atoms with Gasteiger partial charge in [-0.05, 0) is 31.2 Å². The molecule has 0 aromatic heterocycles. The number of carbonyl (C=O) groups excluding carboxylic acids is 2. The van der Waals surface area contributed by atoms with Crippen LogP contribution in [-0.2, 0) is 17.8 Å². The first-order valence-electron chi connectivity index (χ1n) is 10.9. The molecule has 1 unspecified atom stereocenters. The Hall–Kier alpha value is -2.39. The third kappa shape index (κ3) is 2.12. The number of benzene rings is 1. The molecule has 1 aromatic rings. The molecular formula is C24H28N2O4. The minimum absolute atomic E-state index is 0.0401. The molecule has 6 nitrogen and oxygen atoms in total. The highest BCUT2D eigenvalue weighted by molar-refractivity contribution is 6.00. The Kier molecular flexibility index (Phi) is 3.82. The molecular weight excluding hydrogens is 380 g/mol. The average Bonchev–Trinajstić information content (AvgIpc) is 3.06. The van der Waals surface area contributed by atoms with Crippen LogP contribution in [0.5, 0.6) is 5.75 Å². The number of Topliss-reactive ketones (excluding diaryl/α,β-unsaturated/α-hetero) is 1. The van der Waals surface area contributed by atoms with Gasteiger partial charge in [0.25, 0.3) is 5.91 Å². The maximum atomic E-state index is 12.9. The summed E-state index contributed by atoms with van der Waals surface area (Å²) >= 11 is 0.